The highest BCUT2D eigenvalue weighted by molar-refractivity contribution is 5.99. The minimum atomic E-state index is -0.413. The molecule has 1 saturated carbocycles. The van der Waals surface area contributed by atoms with Gasteiger partial charge in [0.25, 0.3) is 5.91 Å². The van der Waals surface area contributed by atoms with Crippen LogP contribution in [0.25, 0.3) is 16.6 Å². The van der Waals surface area contributed by atoms with E-state index in [0.717, 1.165) is 49.6 Å². The van der Waals surface area contributed by atoms with Gasteiger partial charge in [0.05, 0.1) is 23.0 Å². The predicted molar refractivity (Wildman–Crippen MR) is 188 cm³/mol. The van der Waals surface area contributed by atoms with Crippen molar-refractivity contribution in [3.8, 4) is 5.69 Å². The van der Waals surface area contributed by atoms with E-state index in [-0.39, 0.29) is 17.9 Å². The molecule has 0 spiro atoms. The van der Waals surface area contributed by atoms with Gasteiger partial charge in [0.15, 0.2) is 0 Å². The highest BCUT2D eigenvalue weighted by Gasteiger charge is 2.47. The molecule has 4 aliphatic rings. The lowest BCUT2D eigenvalue weighted by Crippen LogP contribution is -2.52. The fourth-order valence-electron chi connectivity index (χ4n) is 9.47. The smallest absolute Gasteiger partial charge is 0.256 e. The number of pyridine rings is 1. The molecule has 8 nitrogen and oxygen atoms in total. The van der Waals surface area contributed by atoms with Crippen LogP contribution in [0.5, 0.6) is 0 Å². The Morgan fingerprint density at radius 2 is 1.79 bits per heavy atom. The SMILES string of the molecule is CCC([C@H]1C[C@@H](N2C[C@H]3CN(C(C)=O)C[C@@H]3C2)C1)N1CC[C@@H](Cc2cn(-c3ccc(F)cc3C(=O)N(C)C(C)C)c3cncc(C)c23)C1. The Hall–Kier alpha value is -3.30. The van der Waals surface area contributed by atoms with Crippen LogP contribution in [-0.4, -0.2) is 105 Å². The number of carbonyl (C=O) groups excluding carboxylic acids is 2. The summed E-state index contributed by atoms with van der Waals surface area (Å²) in [6.45, 7) is 16.6. The van der Waals surface area contributed by atoms with E-state index in [4.69, 9.17) is 0 Å². The molecular formula is C39H53FN6O2. The lowest BCUT2D eigenvalue weighted by atomic mass is 9.73. The van der Waals surface area contributed by atoms with E-state index in [2.05, 4.69) is 44.3 Å². The zero-order valence-corrected chi connectivity index (χ0v) is 29.7. The number of benzene rings is 1. The molecule has 3 aliphatic heterocycles. The van der Waals surface area contributed by atoms with E-state index in [9.17, 15) is 14.0 Å². The van der Waals surface area contributed by atoms with Gasteiger partial charge in [0.2, 0.25) is 5.91 Å². The molecule has 7 rings (SSSR count). The van der Waals surface area contributed by atoms with E-state index in [0.29, 0.717) is 41.1 Å². The Bertz CT molecular complexity index is 1670. The third-order valence-electron chi connectivity index (χ3n) is 12.4. The maximum Gasteiger partial charge on any atom is 0.256 e. The second-order valence-electron chi connectivity index (χ2n) is 15.7. The van der Waals surface area contributed by atoms with Crippen molar-refractivity contribution in [3.05, 3.63) is 59.3 Å². The van der Waals surface area contributed by atoms with Gasteiger partial charge in [-0.25, -0.2) is 4.39 Å². The molecule has 4 atom stereocenters. The van der Waals surface area contributed by atoms with Crippen LogP contribution in [0.1, 0.15) is 74.9 Å². The van der Waals surface area contributed by atoms with Gasteiger partial charge in [-0.05, 0) is 112 Å². The van der Waals surface area contributed by atoms with Crippen LogP contribution in [0.3, 0.4) is 0 Å². The molecule has 48 heavy (non-hydrogen) atoms. The molecule has 0 bridgehead atoms. The summed E-state index contributed by atoms with van der Waals surface area (Å²) in [5, 5.41) is 1.19. The van der Waals surface area contributed by atoms with E-state index < -0.39 is 5.82 Å². The monoisotopic (exact) mass is 656 g/mol. The van der Waals surface area contributed by atoms with Crippen molar-refractivity contribution in [1.82, 2.24) is 29.2 Å². The second kappa shape index (κ2) is 13.2. The van der Waals surface area contributed by atoms with E-state index in [1.165, 1.54) is 61.9 Å². The minimum absolute atomic E-state index is 0.00224. The number of likely N-dealkylation sites (tertiary alicyclic amines) is 3. The Kier molecular flexibility index (Phi) is 9.13. The van der Waals surface area contributed by atoms with Gasteiger partial charge in [-0.15, -0.1) is 0 Å². The van der Waals surface area contributed by atoms with Crippen molar-refractivity contribution >= 4 is 22.7 Å². The van der Waals surface area contributed by atoms with Gasteiger partial charge < -0.3 is 14.4 Å². The van der Waals surface area contributed by atoms with Crippen molar-refractivity contribution < 1.29 is 14.0 Å². The first kappa shape index (κ1) is 33.2. The summed E-state index contributed by atoms with van der Waals surface area (Å²) in [7, 11) is 1.77. The number of fused-ring (bicyclic) bond motifs is 2. The van der Waals surface area contributed by atoms with Gasteiger partial charge in [-0.3, -0.25) is 24.4 Å². The van der Waals surface area contributed by atoms with Crippen LogP contribution >= 0.6 is 0 Å². The standard InChI is InChI=1S/C39H53FN6O2/c1-7-35(28-13-33(14-28)45-21-30-19-44(26(5)47)20-31(30)22-45)43-11-10-27(18-43)12-29-23-46(37-17-41-16-25(4)38(29)37)36-9-8-32(40)15-34(36)39(48)42(6)24(2)3/h8-9,15-17,23-24,27-28,30-31,33,35H,7,10-14,18-22H2,1-6H3/t27-,28-,30+,31+,33+,35?/m0/s1. The molecule has 2 aromatic heterocycles. The highest BCUT2D eigenvalue weighted by Crippen LogP contribution is 2.43. The van der Waals surface area contributed by atoms with E-state index in [1.807, 2.05) is 26.2 Å². The van der Waals surface area contributed by atoms with Gasteiger partial charge >= 0.3 is 0 Å². The zero-order chi connectivity index (χ0) is 33.9. The number of nitrogens with zero attached hydrogens (tertiary/aromatic N) is 6. The molecule has 1 unspecified atom stereocenters. The molecule has 4 fully saturated rings. The third kappa shape index (κ3) is 6.06. The lowest BCUT2D eigenvalue weighted by Gasteiger charge is -2.47. The molecule has 0 N–H and O–H groups in total. The summed E-state index contributed by atoms with van der Waals surface area (Å²) in [6, 6.07) is 5.89. The van der Waals surface area contributed by atoms with Crippen LogP contribution < -0.4 is 0 Å². The van der Waals surface area contributed by atoms with Crippen LogP contribution in [0, 0.1) is 36.4 Å². The number of aryl methyl sites for hydroxylation is 1. The Morgan fingerprint density at radius 1 is 1.06 bits per heavy atom. The number of carbonyl (C=O) groups is 2. The van der Waals surface area contributed by atoms with E-state index >= 15 is 0 Å². The van der Waals surface area contributed by atoms with Crippen LogP contribution in [0.4, 0.5) is 4.39 Å². The topological polar surface area (TPSA) is 64.9 Å². The fourth-order valence-corrected chi connectivity index (χ4v) is 9.47. The summed E-state index contributed by atoms with van der Waals surface area (Å²) >= 11 is 0. The largest absolute Gasteiger partial charge is 0.342 e. The second-order valence-corrected chi connectivity index (χ2v) is 15.7. The molecule has 3 aromatic rings. The van der Waals surface area contributed by atoms with Crippen LogP contribution in [-0.2, 0) is 11.2 Å². The molecule has 9 heteroatoms. The normalized spacial score (nSPS) is 26.8. The van der Waals surface area contributed by atoms with Crippen LogP contribution in [0.15, 0.2) is 36.8 Å². The van der Waals surface area contributed by atoms with Gasteiger partial charge in [0, 0.05) is 82.6 Å². The molecule has 2 amide bonds. The van der Waals surface area contributed by atoms with Crippen LogP contribution in [0.2, 0.25) is 0 Å². The van der Waals surface area contributed by atoms with Gasteiger partial charge in [0.1, 0.15) is 5.82 Å². The molecule has 258 valence electrons. The summed E-state index contributed by atoms with van der Waals surface area (Å²) < 4.78 is 16.6. The molecule has 1 aromatic carbocycles. The van der Waals surface area contributed by atoms with Gasteiger partial charge in [-0.1, -0.05) is 6.92 Å². The predicted octanol–water partition coefficient (Wildman–Crippen LogP) is 5.79. The van der Waals surface area contributed by atoms with Crippen molar-refractivity contribution in [2.75, 3.05) is 46.3 Å². The van der Waals surface area contributed by atoms with Crippen molar-refractivity contribution in [2.45, 2.75) is 84.8 Å². The molecular weight excluding hydrogens is 603 g/mol. The highest BCUT2D eigenvalue weighted by atomic mass is 19.1. The number of rotatable bonds is 9. The van der Waals surface area contributed by atoms with Crippen molar-refractivity contribution in [2.24, 2.45) is 23.7 Å². The number of halogens is 1. The van der Waals surface area contributed by atoms with Crippen molar-refractivity contribution in [1.29, 1.82) is 0 Å². The number of aromatic nitrogens is 2. The third-order valence-corrected chi connectivity index (χ3v) is 12.4. The molecule has 1 aliphatic carbocycles. The molecule has 5 heterocycles. The minimum Gasteiger partial charge on any atom is -0.342 e. The lowest BCUT2D eigenvalue weighted by molar-refractivity contribution is -0.128. The number of hydrogen-bond acceptors (Lipinski definition) is 5. The number of hydrogen-bond donors (Lipinski definition) is 0. The molecule has 3 saturated heterocycles. The maximum absolute atomic E-state index is 14.5. The Morgan fingerprint density at radius 3 is 2.46 bits per heavy atom. The fraction of sp³-hybridized carbons (Fsp3) is 0.615. The molecule has 0 radical (unpaired) electrons. The first-order valence-electron chi connectivity index (χ1n) is 18.3. The quantitative estimate of drug-likeness (QED) is 0.292. The van der Waals surface area contributed by atoms with Gasteiger partial charge in [-0.2, -0.15) is 0 Å². The van der Waals surface area contributed by atoms with Crippen molar-refractivity contribution in [3.63, 3.8) is 0 Å². The average molecular weight is 657 g/mol. The first-order chi connectivity index (χ1) is 23.0. The first-order valence-corrected chi connectivity index (χ1v) is 18.3. The van der Waals surface area contributed by atoms with E-state index in [1.54, 1.807) is 24.9 Å². The average Bonchev–Trinajstić information content (AvgIpc) is 3.82. The summed E-state index contributed by atoms with van der Waals surface area (Å²) in [6.07, 6.45) is 11.9. The summed E-state index contributed by atoms with van der Waals surface area (Å²) in [4.78, 5) is 39.1. The zero-order valence-electron chi connectivity index (χ0n) is 29.7. The maximum atomic E-state index is 14.5. The Balaban J connectivity index is 1.04. The summed E-state index contributed by atoms with van der Waals surface area (Å²) in [5.74, 6) is 2.28. The Labute approximate surface area is 285 Å². The number of amides is 2. The summed E-state index contributed by atoms with van der Waals surface area (Å²) in [5.41, 5.74) is 4.41.